The smallest absolute Gasteiger partial charge is 0.141 e. The van der Waals surface area contributed by atoms with E-state index in [4.69, 9.17) is 0 Å². The molecule has 0 radical (unpaired) electrons. The van der Waals surface area contributed by atoms with Gasteiger partial charge in [0.25, 0.3) is 0 Å². The fourth-order valence-corrected chi connectivity index (χ4v) is 1.68. The van der Waals surface area contributed by atoms with E-state index in [-0.39, 0.29) is 11.3 Å². The van der Waals surface area contributed by atoms with Crippen LogP contribution in [0.5, 0.6) is 0 Å². The van der Waals surface area contributed by atoms with Gasteiger partial charge in [-0.2, -0.15) is 0 Å². The molecule has 0 atom stereocenters. The van der Waals surface area contributed by atoms with Gasteiger partial charge in [0, 0.05) is 11.3 Å². The second-order valence-corrected chi connectivity index (χ2v) is 3.78. The van der Waals surface area contributed by atoms with Crippen LogP contribution in [0.25, 0.3) is 0 Å². The average Bonchev–Trinajstić information content (AvgIpc) is 2.45. The van der Waals surface area contributed by atoms with E-state index >= 15 is 0 Å². The molecule has 0 unspecified atom stereocenters. The van der Waals surface area contributed by atoms with Gasteiger partial charge in [-0.15, -0.1) is 0 Å². The molecule has 0 N–H and O–H groups in total. The molecule has 2 aliphatic rings. The molecule has 0 bridgehead atoms. The number of hydrogen-bond acceptors (Lipinski definition) is 1. The Morgan fingerprint density at radius 3 is 2.11 bits per heavy atom. The van der Waals surface area contributed by atoms with Crippen molar-refractivity contribution in [3.05, 3.63) is 0 Å². The van der Waals surface area contributed by atoms with Gasteiger partial charge >= 0.3 is 0 Å². The summed E-state index contributed by atoms with van der Waals surface area (Å²) in [5.41, 5.74) is 0.258. The summed E-state index contributed by atoms with van der Waals surface area (Å²) in [6.45, 7) is 4.01. The molecule has 0 spiro atoms. The lowest BCUT2D eigenvalue weighted by Gasteiger charge is -2.04. The monoisotopic (exact) mass is 124 g/mol. The first kappa shape index (κ1) is 5.45. The molecule has 2 rings (SSSR count). The van der Waals surface area contributed by atoms with Crippen molar-refractivity contribution in [2.75, 3.05) is 0 Å². The van der Waals surface area contributed by atoms with Crippen LogP contribution in [-0.4, -0.2) is 5.78 Å². The van der Waals surface area contributed by atoms with E-state index in [0.29, 0.717) is 5.78 Å². The summed E-state index contributed by atoms with van der Waals surface area (Å²) in [5, 5.41) is 0. The first-order chi connectivity index (χ1) is 4.17. The molecule has 0 aliphatic heterocycles. The van der Waals surface area contributed by atoms with Gasteiger partial charge in [0.1, 0.15) is 5.78 Å². The maximum Gasteiger partial charge on any atom is 0.141 e. The van der Waals surface area contributed by atoms with E-state index in [9.17, 15) is 4.79 Å². The molecule has 2 aliphatic carbocycles. The molecule has 0 aromatic carbocycles. The molecule has 0 heterocycles. The van der Waals surface area contributed by atoms with Crippen LogP contribution in [0, 0.1) is 17.3 Å². The van der Waals surface area contributed by atoms with Gasteiger partial charge in [-0.3, -0.25) is 4.79 Å². The average molecular weight is 124 g/mol. The van der Waals surface area contributed by atoms with E-state index in [1.807, 2.05) is 13.8 Å². The fourth-order valence-electron chi connectivity index (χ4n) is 1.68. The zero-order valence-corrected chi connectivity index (χ0v) is 5.98. The maximum absolute atomic E-state index is 11.3. The Labute approximate surface area is 55.4 Å². The van der Waals surface area contributed by atoms with Crippen molar-refractivity contribution >= 4 is 5.78 Å². The van der Waals surface area contributed by atoms with E-state index in [2.05, 4.69) is 0 Å². The number of ketones is 1. The third kappa shape index (κ3) is 0.525. The minimum absolute atomic E-state index is 0.258. The third-order valence-electron chi connectivity index (χ3n) is 2.70. The summed E-state index contributed by atoms with van der Waals surface area (Å²) in [6, 6.07) is 0. The topological polar surface area (TPSA) is 17.1 Å². The van der Waals surface area contributed by atoms with Gasteiger partial charge in [-0.1, -0.05) is 13.8 Å². The molecule has 9 heavy (non-hydrogen) atoms. The lowest BCUT2D eigenvalue weighted by Crippen LogP contribution is -2.13. The summed E-state index contributed by atoms with van der Waals surface area (Å²) in [5.74, 6) is 1.62. The quantitative estimate of drug-likeness (QED) is 0.546. The Morgan fingerprint density at radius 1 is 1.56 bits per heavy atom. The highest BCUT2D eigenvalue weighted by atomic mass is 16.1. The highest BCUT2D eigenvalue weighted by molar-refractivity contribution is 5.93. The predicted molar refractivity (Wildman–Crippen MR) is 35.0 cm³/mol. The summed E-state index contributed by atoms with van der Waals surface area (Å²) >= 11 is 0. The van der Waals surface area contributed by atoms with E-state index < -0.39 is 0 Å². The van der Waals surface area contributed by atoms with E-state index in [0.717, 1.165) is 5.92 Å². The lowest BCUT2D eigenvalue weighted by molar-refractivity contribution is -0.125. The molecule has 2 saturated carbocycles. The van der Waals surface area contributed by atoms with Crippen LogP contribution < -0.4 is 0 Å². The SMILES string of the molecule is CC(C)C(=O)C12CC1C2. The van der Waals surface area contributed by atoms with Crippen molar-refractivity contribution in [1.82, 2.24) is 0 Å². The maximum atomic E-state index is 11.3. The Balaban J connectivity index is 2.06. The summed E-state index contributed by atoms with van der Waals surface area (Å²) in [6.07, 6.45) is 2.42. The molecule has 0 aromatic rings. The molecular formula is C8H12O. The van der Waals surface area contributed by atoms with Crippen molar-refractivity contribution < 1.29 is 4.79 Å². The van der Waals surface area contributed by atoms with Gasteiger partial charge < -0.3 is 0 Å². The van der Waals surface area contributed by atoms with Crippen LogP contribution in [0.3, 0.4) is 0 Å². The predicted octanol–water partition coefficient (Wildman–Crippen LogP) is 1.62. The summed E-state index contributed by atoms with van der Waals surface area (Å²) in [4.78, 5) is 11.3. The molecule has 0 saturated heterocycles. The normalized spacial score (nSPS) is 44.6. The Hall–Kier alpha value is -0.330. The Bertz CT molecular complexity index is 163. The lowest BCUT2D eigenvalue weighted by atomic mass is 9.99. The van der Waals surface area contributed by atoms with Gasteiger partial charge in [0.2, 0.25) is 0 Å². The van der Waals surface area contributed by atoms with Crippen LogP contribution in [-0.2, 0) is 4.79 Å². The van der Waals surface area contributed by atoms with Crippen LogP contribution in [0.4, 0.5) is 0 Å². The fraction of sp³-hybridized carbons (Fsp3) is 0.875. The number of carbonyl (C=O) groups is 1. The van der Waals surface area contributed by atoms with Crippen molar-refractivity contribution in [1.29, 1.82) is 0 Å². The van der Waals surface area contributed by atoms with Crippen LogP contribution in [0.1, 0.15) is 26.7 Å². The molecular weight excluding hydrogens is 112 g/mol. The van der Waals surface area contributed by atoms with Crippen LogP contribution in [0.2, 0.25) is 0 Å². The number of carbonyl (C=O) groups excluding carboxylic acids is 1. The third-order valence-corrected chi connectivity index (χ3v) is 2.70. The highest BCUT2D eigenvalue weighted by Gasteiger charge is 2.73. The Kier molecular flexibility index (Phi) is 0.744. The first-order valence-corrected chi connectivity index (χ1v) is 3.71. The van der Waals surface area contributed by atoms with Crippen molar-refractivity contribution in [3.8, 4) is 0 Å². The molecule has 2 fully saturated rings. The van der Waals surface area contributed by atoms with Crippen molar-refractivity contribution in [2.24, 2.45) is 17.3 Å². The zero-order valence-electron chi connectivity index (χ0n) is 5.98. The van der Waals surface area contributed by atoms with Gasteiger partial charge in [-0.05, 0) is 18.8 Å². The molecule has 0 amide bonds. The number of hydrogen-bond donors (Lipinski definition) is 0. The Morgan fingerprint density at radius 2 is 2.00 bits per heavy atom. The van der Waals surface area contributed by atoms with E-state index in [1.54, 1.807) is 0 Å². The first-order valence-electron chi connectivity index (χ1n) is 3.71. The number of Topliss-reactive ketones (excluding diaryl/α,β-unsaturated/α-hetero) is 1. The van der Waals surface area contributed by atoms with E-state index in [1.165, 1.54) is 12.8 Å². The summed E-state index contributed by atoms with van der Waals surface area (Å²) in [7, 11) is 0. The van der Waals surface area contributed by atoms with Crippen LogP contribution in [0.15, 0.2) is 0 Å². The van der Waals surface area contributed by atoms with Crippen LogP contribution >= 0.6 is 0 Å². The van der Waals surface area contributed by atoms with Crippen molar-refractivity contribution in [3.63, 3.8) is 0 Å². The number of fused-ring (bicyclic) bond motifs is 1. The largest absolute Gasteiger partial charge is 0.299 e. The van der Waals surface area contributed by atoms with Crippen molar-refractivity contribution in [2.45, 2.75) is 26.7 Å². The molecule has 1 nitrogen and oxygen atoms in total. The second-order valence-electron chi connectivity index (χ2n) is 3.78. The van der Waals surface area contributed by atoms with Gasteiger partial charge in [0.05, 0.1) is 0 Å². The number of rotatable bonds is 2. The minimum Gasteiger partial charge on any atom is -0.299 e. The molecule has 1 heteroatoms. The molecule has 0 aromatic heterocycles. The molecule has 50 valence electrons. The second kappa shape index (κ2) is 1.23. The zero-order chi connectivity index (χ0) is 6.65. The standard InChI is InChI=1S/C8H12O/c1-5(2)7(9)8-3-6(8)4-8/h5-6H,3-4H2,1-2H3. The highest BCUT2D eigenvalue weighted by Crippen LogP contribution is 2.76. The summed E-state index contributed by atoms with van der Waals surface area (Å²) < 4.78 is 0. The minimum atomic E-state index is 0.258. The van der Waals surface area contributed by atoms with Gasteiger partial charge in [-0.25, -0.2) is 0 Å². The van der Waals surface area contributed by atoms with Gasteiger partial charge in [0.15, 0.2) is 0 Å².